The van der Waals surface area contributed by atoms with Crippen molar-refractivity contribution in [1.82, 2.24) is 0 Å². The summed E-state index contributed by atoms with van der Waals surface area (Å²) < 4.78 is 0. The Labute approximate surface area is 120 Å². The molecule has 17 heavy (non-hydrogen) atoms. The first kappa shape index (κ1) is 14.8. The second kappa shape index (κ2) is 6.64. The quantitative estimate of drug-likeness (QED) is 0.641. The van der Waals surface area contributed by atoms with Crippen LogP contribution in [0.25, 0.3) is 0 Å². The van der Waals surface area contributed by atoms with Gasteiger partial charge in [-0.2, -0.15) is 0 Å². The summed E-state index contributed by atoms with van der Waals surface area (Å²) in [6.45, 7) is 4.74. The van der Waals surface area contributed by atoms with E-state index in [-0.39, 0.29) is 20.3 Å². The van der Waals surface area contributed by atoms with E-state index in [0.717, 1.165) is 0 Å². The van der Waals surface area contributed by atoms with Crippen LogP contribution in [0, 0.1) is 0 Å². The van der Waals surface area contributed by atoms with Crippen molar-refractivity contribution in [3.8, 4) is 0 Å². The van der Waals surface area contributed by atoms with Gasteiger partial charge in [0.1, 0.15) is 8.07 Å². The predicted molar refractivity (Wildman–Crippen MR) is 76.1 cm³/mol. The minimum atomic E-state index is -1.31. The van der Waals surface area contributed by atoms with Crippen molar-refractivity contribution >= 4 is 8.07 Å². The number of hydrogen-bond acceptors (Lipinski definition) is 0. The van der Waals surface area contributed by atoms with Crippen molar-refractivity contribution in [2.24, 2.45) is 0 Å². The summed E-state index contributed by atoms with van der Waals surface area (Å²) in [5.74, 6) is 0. The summed E-state index contributed by atoms with van der Waals surface area (Å²) in [4.78, 5) is 0. The van der Waals surface area contributed by atoms with Crippen molar-refractivity contribution in [1.29, 1.82) is 0 Å². The Balaban J connectivity index is 0.00000144. The van der Waals surface area contributed by atoms with E-state index in [1.54, 1.807) is 10.4 Å². The van der Waals surface area contributed by atoms with Gasteiger partial charge in [-0.15, -0.1) is 0 Å². The van der Waals surface area contributed by atoms with E-state index in [9.17, 15) is 0 Å². The largest absolute Gasteiger partial charge is 1.00 e. The zero-order chi connectivity index (χ0) is 11.4. The zero-order valence-corrected chi connectivity index (χ0v) is 12.5. The van der Waals surface area contributed by atoms with Crippen molar-refractivity contribution in [3.63, 3.8) is 0 Å². The molecule has 0 bridgehead atoms. The number of hydrogen-bond donors (Lipinski definition) is 0. The minimum Gasteiger partial charge on any atom is -1.00 e. The Morgan fingerprint density at radius 3 is 1.88 bits per heavy atom. The summed E-state index contributed by atoms with van der Waals surface area (Å²) in [5.41, 5.74) is 0. The van der Waals surface area contributed by atoms with Crippen LogP contribution in [0.1, 0.15) is 34.5 Å². The van der Waals surface area contributed by atoms with Crippen LogP contribution in [0.5, 0.6) is 0 Å². The molecular formula is C15H23LiSi. The minimum absolute atomic E-state index is 0. The molecule has 0 radical (unpaired) electrons. The van der Waals surface area contributed by atoms with E-state index in [0.29, 0.717) is 0 Å². The fraction of sp³-hybridized carbons (Fsp3) is 0.467. The van der Waals surface area contributed by atoms with Gasteiger partial charge in [0, 0.05) is 0 Å². The van der Waals surface area contributed by atoms with Crippen LogP contribution in [0.3, 0.4) is 0 Å². The Kier molecular flexibility index (Phi) is 5.79. The van der Waals surface area contributed by atoms with Crippen molar-refractivity contribution in [2.75, 3.05) is 0 Å². The molecule has 0 unspecified atom stereocenters. The van der Waals surface area contributed by atoms with Gasteiger partial charge in [-0.05, 0) is 12.8 Å². The molecule has 0 amide bonds. The van der Waals surface area contributed by atoms with E-state index >= 15 is 0 Å². The van der Waals surface area contributed by atoms with E-state index in [1.165, 1.54) is 31.4 Å². The van der Waals surface area contributed by atoms with E-state index in [4.69, 9.17) is 0 Å². The molecule has 0 fully saturated rings. The average Bonchev–Trinajstić information content (AvgIpc) is 2.98. The maximum absolute atomic E-state index is 2.41. The molecule has 0 atom stereocenters. The second-order valence-corrected chi connectivity index (χ2v) is 9.49. The summed E-state index contributed by atoms with van der Waals surface area (Å²) >= 11 is 0. The summed E-state index contributed by atoms with van der Waals surface area (Å²) in [6.07, 6.45) is 17.7. The Hall–Kier alpha value is -0.226. The molecule has 0 saturated heterocycles. The second-order valence-electron chi connectivity index (χ2n) is 4.83. The zero-order valence-electron chi connectivity index (χ0n) is 12.5. The van der Waals surface area contributed by atoms with Gasteiger partial charge in [-0.1, -0.05) is 79.2 Å². The van der Waals surface area contributed by atoms with Crippen molar-refractivity contribution in [3.05, 3.63) is 46.8 Å². The molecule has 0 aromatic rings. The Morgan fingerprint density at radius 1 is 1.06 bits per heavy atom. The molecule has 0 saturated carbocycles. The van der Waals surface area contributed by atoms with Gasteiger partial charge >= 0.3 is 18.9 Å². The van der Waals surface area contributed by atoms with Gasteiger partial charge in [0.15, 0.2) is 0 Å². The van der Waals surface area contributed by atoms with Gasteiger partial charge < -0.3 is 1.43 Å². The molecule has 0 N–H and O–H groups in total. The summed E-state index contributed by atoms with van der Waals surface area (Å²) in [6, 6.07) is 2.81. The van der Waals surface area contributed by atoms with Gasteiger partial charge in [-0.3, -0.25) is 0 Å². The van der Waals surface area contributed by atoms with E-state index < -0.39 is 8.07 Å². The van der Waals surface area contributed by atoms with Crippen LogP contribution in [0.4, 0.5) is 0 Å². The van der Waals surface area contributed by atoms with Crippen LogP contribution in [-0.4, -0.2) is 8.07 Å². The summed E-state index contributed by atoms with van der Waals surface area (Å²) in [7, 11) is -1.31. The normalized spacial score (nSPS) is 18.0. The van der Waals surface area contributed by atoms with E-state index in [2.05, 4.69) is 50.3 Å². The molecule has 2 aliphatic carbocycles. The molecule has 0 heterocycles. The van der Waals surface area contributed by atoms with Crippen LogP contribution >= 0.6 is 0 Å². The standard InChI is InChI=1S/C15H22Si.Li.H/c1-3-13-16(4-2,14-9-5-6-10-14)15-11-7-8-12-15;;/h5-9,11H,3-4,10,12-13H2,1-2H3;;/q;+1;-1. The SMILES string of the molecule is CCC[Si](CC)(C1=CC=CC1)C1=CC=CC1.[H-].[Li+]. The fourth-order valence-electron chi connectivity index (χ4n) is 3.19. The fourth-order valence-corrected chi connectivity index (χ4v) is 8.21. The molecule has 0 spiro atoms. The molecule has 88 valence electrons. The topological polar surface area (TPSA) is 0 Å². The molecule has 2 heteroatoms. The third kappa shape index (κ3) is 2.79. The molecule has 0 aliphatic heterocycles. The first-order valence-corrected chi connectivity index (χ1v) is 8.97. The van der Waals surface area contributed by atoms with Crippen LogP contribution in [-0.2, 0) is 0 Å². The molecule has 2 rings (SSSR count). The third-order valence-corrected chi connectivity index (χ3v) is 9.81. The molecule has 0 nitrogen and oxygen atoms in total. The average molecular weight is 238 g/mol. The predicted octanol–water partition coefficient (Wildman–Crippen LogP) is 1.83. The number of allylic oxidation sites excluding steroid dienone is 8. The van der Waals surface area contributed by atoms with Crippen molar-refractivity contribution in [2.45, 2.75) is 45.2 Å². The van der Waals surface area contributed by atoms with Crippen molar-refractivity contribution < 1.29 is 20.3 Å². The van der Waals surface area contributed by atoms with Gasteiger partial charge in [-0.25, -0.2) is 0 Å². The van der Waals surface area contributed by atoms with Gasteiger partial charge in [0.05, 0.1) is 0 Å². The maximum atomic E-state index is 2.41. The van der Waals surface area contributed by atoms with Crippen LogP contribution in [0.15, 0.2) is 46.8 Å². The first-order valence-electron chi connectivity index (χ1n) is 6.56. The molecular weight excluding hydrogens is 215 g/mol. The van der Waals surface area contributed by atoms with Gasteiger partial charge in [0.2, 0.25) is 0 Å². The smallest absolute Gasteiger partial charge is 1.00 e. The monoisotopic (exact) mass is 238 g/mol. The van der Waals surface area contributed by atoms with Gasteiger partial charge in [0.25, 0.3) is 0 Å². The van der Waals surface area contributed by atoms with Crippen LogP contribution in [0.2, 0.25) is 12.1 Å². The Morgan fingerprint density at radius 2 is 1.59 bits per heavy atom. The first-order chi connectivity index (χ1) is 7.83. The number of rotatable bonds is 5. The molecule has 0 aromatic carbocycles. The summed E-state index contributed by atoms with van der Waals surface area (Å²) in [5, 5.41) is 3.54. The molecule has 0 aromatic heterocycles. The Bertz CT molecular complexity index is 350. The van der Waals surface area contributed by atoms with E-state index in [1.807, 2.05) is 0 Å². The van der Waals surface area contributed by atoms with Crippen LogP contribution < -0.4 is 18.9 Å². The maximum Gasteiger partial charge on any atom is 1.00 e. The molecule has 2 aliphatic rings. The third-order valence-electron chi connectivity index (χ3n) is 4.05.